The summed E-state index contributed by atoms with van der Waals surface area (Å²) in [5, 5.41) is 31.5. The summed E-state index contributed by atoms with van der Waals surface area (Å²) in [7, 11) is 0. The van der Waals surface area contributed by atoms with Crippen molar-refractivity contribution in [3.8, 4) is 5.75 Å². The van der Waals surface area contributed by atoms with Gasteiger partial charge in [-0.15, -0.1) is 0 Å². The first-order valence-electron chi connectivity index (χ1n) is 14.1. The van der Waals surface area contributed by atoms with Crippen molar-refractivity contribution in [3.05, 3.63) is 65.7 Å². The zero-order chi connectivity index (χ0) is 32.6. The number of phenols is 1. The van der Waals surface area contributed by atoms with Crippen LogP contribution < -0.4 is 32.3 Å². The Morgan fingerprint density at radius 1 is 0.727 bits per heavy atom. The molecule has 0 bridgehead atoms. The highest BCUT2D eigenvalue weighted by Gasteiger charge is 2.30. The van der Waals surface area contributed by atoms with Crippen LogP contribution in [0, 0.1) is 5.92 Å². The predicted molar refractivity (Wildman–Crippen MR) is 160 cm³/mol. The second-order valence-corrected chi connectivity index (χ2v) is 10.2. The number of hydrogen-bond acceptors (Lipinski definition) is 8. The lowest BCUT2D eigenvalue weighted by molar-refractivity contribution is -0.142. The van der Waals surface area contributed by atoms with E-state index in [1.54, 1.807) is 49.4 Å². The SMILES string of the molecule is CC[C@H](C)[C@H](NC(=O)CNC(=O)[C@H](Cc1ccc(O)cc1)NC(=O)CNC(=O)CN)C(=O)N[C@@H](Cc1ccccc1)C(=O)O. The predicted octanol–water partition coefficient (Wildman–Crippen LogP) is -1.05. The molecular formula is C30H40N6O8. The van der Waals surface area contributed by atoms with Gasteiger partial charge in [0.2, 0.25) is 29.5 Å². The van der Waals surface area contributed by atoms with Gasteiger partial charge in [0.1, 0.15) is 23.9 Å². The summed E-state index contributed by atoms with van der Waals surface area (Å²) >= 11 is 0. The van der Waals surface area contributed by atoms with E-state index in [2.05, 4.69) is 26.6 Å². The lowest BCUT2D eigenvalue weighted by atomic mass is 9.97. The van der Waals surface area contributed by atoms with Crippen LogP contribution in [0.1, 0.15) is 31.4 Å². The van der Waals surface area contributed by atoms with Gasteiger partial charge in [0.25, 0.3) is 0 Å². The van der Waals surface area contributed by atoms with E-state index >= 15 is 0 Å². The van der Waals surface area contributed by atoms with E-state index in [0.29, 0.717) is 17.5 Å². The summed E-state index contributed by atoms with van der Waals surface area (Å²) in [5.41, 5.74) is 6.53. The molecule has 0 aromatic heterocycles. The number of hydrogen-bond donors (Lipinski definition) is 8. The van der Waals surface area contributed by atoms with Crippen molar-refractivity contribution in [1.82, 2.24) is 26.6 Å². The zero-order valence-electron chi connectivity index (χ0n) is 24.7. The summed E-state index contributed by atoms with van der Waals surface area (Å²) in [5.74, 6) is -4.94. The van der Waals surface area contributed by atoms with Gasteiger partial charge in [-0.05, 0) is 29.2 Å². The Morgan fingerprint density at radius 2 is 1.30 bits per heavy atom. The third-order valence-corrected chi connectivity index (χ3v) is 6.79. The fourth-order valence-corrected chi connectivity index (χ4v) is 4.10. The van der Waals surface area contributed by atoms with E-state index in [1.807, 2.05) is 6.92 Å². The van der Waals surface area contributed by atoms with Gasteiger partial charge < -0.3 is 42.5 Å². The standard InChI is InChI=1S/C30H40N6O8/c1-3-18(2)27(29(42)35-23(30(43)44)14-19-7-5-4-6-8-19)36-26(40)17-33-28(41)22(13-20-9-11-21(37)12-10-20)34-25(39)16-32-24(38)15-31/h4-12,18,22-23,27,37H,3,13-17,31H2,1-2H3,(H,32,38)(H,33,41)(H,34,39)(H,35,42)(H,36,40)(H,43,44)/t18-,22-,23-,27-/m0/s1. The normalized spacial score (nSPS) is 13.3. The van der Waals surface area contributed by atoms with Crippen molar-refractivity contribution in [2.24, 2.45) is 11.7 Å². The molecule has 2 rings (SSSR count). The second kappa shape index (κ2) is 17.9. The van der Waals surface area contributed by atoms with Crippen LogP contribution in [0.25, 0.3) is 0 Å². The molecule has 9 N–H and O–H groups in total. The molecule has 14 heteroatoms. The number of carbonyl (C=O) groups excluding carboxylic acids is 5. The number of amides is 5. The Kier molecular flexibility index (Phi) is 14.3. The summed E-state index contributed by atoms with van der Waals surface area (Å²) in [6.07, 6.45) is 0.534. The number of nitrogens with one attached hydrogen (secondary N) is 5. The molecule has 44 heavy (non-hydrogen) atoms. The molecule has 0 fully saturated rings. The van der Waals surface area contributed by atoms with Gasteiger partial charge >= 0.3 is 5.97 Å². The van der Waals surface area contributed by atoms with Crippen molar-refractivity contribution in [2.45, 2.75) is 51.2 Å². The van der Waals surface area contributed by atoms with Gasteiger partial charge in [0.05, 0.1) is 19.6 Å². The number of carbonyl (C=O) groups is 6. The fourth-order valence-electron chi connectivity index (χ4n) is 4.10. The number of carboxylic acid groups (broad SMARTS) is 1. The number of rotatable bonds is 17. The highest BCUT2D eigenvalue weighted by molar-refractivity contribution is 5.94. The Hall–Kier alpha value is -4.98. The molecule has 0 heterocycles. The molecule has 0 saturated heterocycles. The second-order valence-electron chi connectivity index (χ2n) is 10.2. The van der Waals surface area contributed by atoms with Crippen LogP contribution in [-0.4, -0.2) is 83.5 Å². The molecule has 0 aliphatic heterocycles. The molecule has 2 aromatic rings. The van der Waals surface area contributed by atoms with Gasteiger partial charge in [-0.25, -0.2) is 4.79 Å². The maximum atomic E-state index is 13.1. The molecule has 0 aliphatic carbocycles. The molecular weight excluding hydrogens is 572 g/mol. The number of nitrogens with two attached hydrogens (primary N) is 1. The van der Waals surface area contributed by atoms with E-state index in [1.165, 1.54) is 12.1 Å². The minimum absolute atomic E-state index is 0.000197. The molecule has 0 saturated carbocycles. The molecule has 238 valence electrons. The Balaban J connectivity index is 2.06. The largest absolute Gasteiger partial charge is 0.508 e. The maximum Gasteiger partial charge on any atom is 0.326 e. The maximum absolute atomic E-state index is 13.1. The number of carboxylic acids is 1. The molecule has 0 spiro atoms. The number of benzene rings is 2. The molecule has 2 aromatic carbocycles. The third kappa shape index (κ3) is 12.1. The quantitative estimate of drug-likeness (QED) is 0.109. The van der Waals surface area contributed by atoms with E-state index in [0.717, 1.165) is 0 Å². The average Bonchev–Trinajstić information content (AvgIpc) is 3.01. The Morgan fingerprint density at radius 3 is 1.89 bits per heavy atom. The Labute approximate surface area is 255 Å². The Bertz CT molecular complexity index is 1290. The monoisotopic (exact) mass is 612 g/mol. The topological polar surface area (TPSA) is 229 Å². The number of aromatic hydroxyl groups is 1. The number of aliphatic carboxylic acids is 1. The molecule has 5 amide bonds. The highest BCUT2D eigenvalue weighted by atomic mass is 16.4. The molecule has 0 radical (unpaired) electrons. The smallest absolute Gasteiger partial charge is 0.326 e. The van der Waals surface area contributed by atoms with Crippen molar-refractivity contribution in [1.29, 1.82) is 0 Å². The van der Waals surface area contributed by atoms with E-state index < -0.39 is 66.7 Å². The van der Waals surface area contributed by atoms with Crippen LogP contribution in [0.2, 0.25) is 0 Å². The molecule has 4 atom stereocenters. The van der Waals surface area contributed by atoms with Crippen LogP contribution in [0.4, 0.5) is 0 Å². The van der Waals surface area contributed by atoms with Crippen LogP contribution >= 0.6 is 0 Å². The minimum atomic E-state index is -1.23. The van der Waals surface area contributed by atoms with Gasteiger partial charge in [0.15, 0.2) is 0 Å². The van der Waals surface area contributed by atoms with Crippen LogP contribution in [0.3, 0.4) is 0 Å². The molecule has 0 unspecified atom stereocenters. The van der Waals surface area contributed by atoms with Crippen molar-refractivity contribution < 1.29 is 39.0 Å². The van der Waals surface area contributed by atoms with Gasteiger partial charge in [-0.2, -0.15) is 0 Å². The van der Waals surface area contributed by atoms with Crippen LogP contribution in [0.5, 0.6) is 5.75 Å². The summed E-state index contributed by atoms with van der Waals surface area (Å²) in [6.45, 7) is 2.24. The van der Waals surface area contributed by atoms with Gasteiger partial charge in [-0.1, -0.05) is 62.7 Å². The lowest BCUT2D eigenvalue weighted by Crippen LogP contribution is -2.56. The molecule has 14 nitrogen and oxygen atoms in total. The highest BCUT2D eigenvalue weighted by Crippen LogP contribution is 2.12. The third-order valence-electron chi connectivity index (χ3n) is 6.79. The lowest BCUT2D eigenvalue weighted by Gasteiger charge is -2.26. The van der Waals surface area contributed by atoms with E-state index in [4.69, 9.17) is 5.73 Å². The number of phenolic OH excluding ortho intramolecular Hbond substituents is 1. The van der Waals surface area contributed by atoms with E-state index in [9.17, 15) is 39.0 Å². The van der Waals surface area contributed by atoms with Crippen molar-refractivity contribution in [3.63, 3.8) is 0 Å². The van der Waals surface area contributed by atoms with E-state index in [-0.39, 0.29) is 31.1 Å². The van der Waals surface area contributed by atoms with Gasteiger partial charge in [0, 0.05) is 12.8 Å². The first-order valence-corrected chi connectivity index (χ1v) is 14.1. The summed E-state index contributed by atoms with van der Waals surface area (Å²) in [4.78, 5) is 74.7. The van der Waals surface area contributed by atoms with Gasteiger partial charge in [-0.3, -0.25) is 24.0 Å². The summed E-state index contributed by atoms with van der Waals surface area (Å²) < 4.78 is 0. The van der Waals surface area contributed by atoms with Crippen LogP contribution in [0.15, 0.2) is 54.6 Å². The van der Waals surface area contributed by atoms with Crippen LogP contribution in [-0.2, 0) is 41.6 Å². The zero-order valence-corrected chi connectivity index (χ0v) is 24.7. The first-order chi connectivity index (χ1) is 20.9. The average molecular weight is 613 g/mol. The first kappa shape index (κ1) is 35.2. The molecule has 0 aliphatic rings. The van der Waals surface area contributed by atoms with Crippen molar-refractivity contribution in [2.75, 3.05) is 19.6 Å². The minimum Gasteiger partial charge on any atom is -0.508 e. The van der Waals surface area contributed by atoms with Crippen molar-refractivity contribution >= 4 is 35.5 Å². The fraction of sp³-hybridized carbons (Fsp3) is 0.400. The summed E-state index contributed by atoms with van der Waals surface area (Å²) in [6, 6.07) is 11.3.